The largest absolute Gasteiger partial charge is 0.493 e. The van der Waals surface area contributed by atoms with Crippen LogP contribution in [-0.4, -0.2) is 38.0 Å². The number of carbonyl (C=O) groups is 2. The molecule has 2 aromatic carbocycles. The summed E-state index contributed by atoms with van der Waals surface area (Å²) in [5, 5.41) is 2.62. The average molecular weight is 372 g/mol. The van der Waals surface area contributed by atoms with Crippen LogP contribution in [0.15, 0.2) is 36.4 Å². The number of ether oxygens (including phenoxy) is 2. The van der Waals surface area contributed by atoms with Gasteiger partial charge in [-0.1, -0.05) is 18.2 Å². The highest BCUT2D eigenvalue weighted by molar-refractivity contribution is 6.01. The number of anilines is 1. The van der Waals surface area contributed by atoms with Gasteiger partial charge in [0.2, 0.25) is 11.8 Å². The molecule has 1 aliphatic rings. The van der Waals surface area contributed by atoms with Crippen LogP contribution in [0.5, 0.6) is 11.5 Å². The van der Waals surface area contributed by atoms with Gasteiger partial charge >= 0.3 is 0 Å². The summed E-state index contributed by atoms with van der Waals surface area (Å²) < 4.78 is 24.2. The molecule has 0 saturated heterocycles. The highest BCUT2D eigenvalue weighted by Gasteiger charge is 2.33. The fourth-order valence-electron chi connectivity index (χ4n) is 3.34. The van der Waals surface area contributed by atoms with E-state index in [9.17, 15) is 14.0 Å². The highest BCUT2D eigenvalue weighted by atomic mass is 19.1. The Labute approximate surface area is 156 Å². The number of rotatable bonds is 5. The molecule has 7 heteroatoms. The summed E-state index contributed by atoms with van der Waals surface area (Å²) in [4.78, 5) is 26.5. The lowest BCUT2D eigenvalue weighted by Crippen LogP contribution is -2.36. The van der Waals surface area contributed by atoms with Gasteiger partial charge in [0.15, 0.2) is 11.5 Å². The average Bonchev–Trinajstić information content (AvgIpc) is 2.65. The molecule has 0 fully saturated rings. The summed E-state index contributed by atoms with van der Waals surface area (Å²) in [6, 6.07) is 9.52. The second kappa shape index (κ2) is 7.65. The Bertz CT molecular complexity index is 884. The molecule has 0 aromatic heterocycles. The Kier molecular flexibility index (Phi) is 5.30. The predicted octanol–water partition coefficient (Wildman–Crippen LogP) is 2.93. The van der Waals surface area contributed by atoms with Crippen LogP contribution in [0.25, 0.3) is 0 Å². The van der Waals surface area contributed by atoms with Gasteiger partial charge in [-0.3, -0.25) is 9.59 Å². The van der Waals surface area contributed by atoms with Crippen molar-refractivity contribution in [3.63, 3.8) is 0 Å². The quantitative estimate of drug-likeness (QED) is 0.876. The molecule has 0 spiro atoms. The summed E-state index contributed by atoms with van der Waals surface area (Å²) in [5.41, 5.74) is 1.75. The highest BCUT2D eigenvalue weighted by Crippen LogP contribution is 2.35. The van der Waals surface area contributed by atoms with Crippen LogP contribution < -0.4 is 14.8 Å². The lowest BCUT2D eigenvalue weighted by Gasteiger charge is -2.29. The number of hydrogen-bond donors (Lipinski definition) is 1. The molecule has 1 N–H and O–H groups in total. The molecule has 0 bridgehead atoms. The van der Waals surface area contributed by atoms with Gasteiger partial charge in [-0.25, -0.2) is 4.39 Å². The van der Waals surface area contributed by atoms with Gasteiger partial charge < -0.3 is 19.7 Å². The first kappa shape index (κ1) is 18.7. The van der Waals surface area contributed by atoms with Gasteiger partial charge in [0.1, 0.15) is 5.82 Å². The molecule has 3 rings (SSSR count). The van der Waals surface area contributed by atoms with E-state index in [-0.39, 0.29) is 24.8 Å². The monoisotopic (exact) mass is 372 g/mol. The number of nitrogens with one attached hydrogen (secondary N) is 1. The van der Waals surface area contributed by atoms with Crippen LogP contribution in [-0.2, 0) is 16.1 Å². The second-order valence-electron chi connectivity index (χ2n) is 6.38. The molecule has 142 valence electrons. The minimum Gasteiger partial charge on any atom is -0.493 e. The number of methoxy groups -OCH3 is 2. The Hall–Kier alpha value is -3.09. The van der Waals surface area contributed by atoms with E-state index < -0.39 is 11.7 Å². The van der Waals surface area contributed by atoms with Crippen molar-refractivity contribution in [2.75, 3.05) is 26.6 Å². The smallest absolute Gasteiger partial charge is 0.230 e. The van der Waals surface area contributed by atoms with Crippen molar-refractivity contribution in [1.29, 1.82) is 0 Å². The molecule has 2 amide bonds. The van der Waals surface area contributed by atoms with E-state index in [0.29, 0.717) is 22.7 Å². The molecule has 1 heterocycles. The Morgan fingerprint density at radius 1 is 1.26 bits per heavy atom. The van der Waals surface area contributed by atoms with E-state index in [1.54, 1.807) is 33.4 Å². The maximum atomic E-state index is 13.5. The van der Waals surface area contributed by atoms with Crippen LogP contribution in [0.3, 0.4) is 0 Å². The van der Waals surface area contributed by atoms with Gasteiger partial charge in [0.05, 0.1) is 20.1 Å². The number of fused-ring (bicyclic) bond motifs is 1. The Balaban J connectivity index is 1.86. The lowest BCUT2D eigenvalue weighted by atomic mass is 9.89. The van der Waals surface area contributed by atoms with E-state index >= 15 is 0 Å². The molecular formula is C20H21FN2O4. The molecule has 1 aliphatic heterocycles. The third-order valence-corrected chi connectivity index (χ3v) is 4.62. The molecule has 27 heavy (non-hydrogen) atoms. The molecule has 0 radical (unpaired) electrons. The van der Waals surface area contributed by atoms with Crippen LogP contribution in [0.2, 0.25) is 0 Å². The maximum absolute atomic E-state index is 13.5. The molecule has 6 nitrogen and oxygen atoms in total. The summed E-state index contributed by atoms with van der Waals surface area (Å²) in [7, 11) is 4.75. The van der Waals surface area contributed by atoms with Crippen molar-refractivity contribution in [2.45, 2.75) is 18.9 Å². The Morgan fingerprint density at radius 2 is 2.04 bits per heavy atom. The van der Waals surface area contributed by atoms with E-state index in [4.69, 9.17) is 9.47 Å². The number of carbonyl (C=O) groups excluding carboxylic acids is 2. The Morgan fingerprint density at radius 3 is 2.74 bits per heavy atom. The maximum Gasteiger partial charge on any atom is 0.230 e. The standard InChI is InChI=1S/C20H21FN2O4/c1-23(11-12-5-4-6-17(26-2)19(12)27-3)20(25)15-10-18(24)22-16-9-13(21)7-8-14(15)16/h4-9,15H,10-11H2,1-3H3,(H,22,24). The van der Waals surface area contributed by atoms with Crippen LogP contribution in [0.4, 0.5) is 10.1 Å². The normalized spacial score (nSPS) is 15.6. The van der Waals surface area contributed by atoms with Gasteiger partial charge in [-0.15, -0.1) is 0 Å². The van der Waals surface area contributed by atoms with Gasteiger partial charge in [0, 0.05) is 31.3 Å². The zero-order chi connectivity index (χ0) is 19.6. The summed E-state index contributed by atoms with van der Waals surface area (Å²) >= 11 is 0. The number of amides is 2. The number of likely N-dealkylation sites (N-methyl/N-ethyl adjacent to an activating group) is 1. The van der Waals surface area contributed by atoms with E-state index in [0.717, 1.165) is 5.56 Å². The second-order valence-corrected chi connectivity index (χ2v) is 6.38. The first-order valence-electron chi connectivity index (χ1n) is 8.48. The zero-order valence-corrected chi connectivity index (χ0v) is 15.4. The van der Waals surface area contributed by atoms with Crippen molar-refractivity contribution in [3.05, 3.63) is 53.3 Å². The van der Waals surface area contributed by atoms with E-state index in [2.05, 4.69) is 5.32 Å². The topological polar surface area (TPSA) is 67.9 Å². The molecule has 2 aromatic rings. The zero-order valence-electron chi connectivity index (χ0n) is 15.4. The van der Waals surface area contributed by atoms with Gasteiger partial charge in [0.25, 0.3) is 0 Å². The van der Waals surface area contributed by atoms with Gasteiger partial charge in [-0.2, -0.15) is 0 Å². The molecule has 0 saturated carbocycles. The first-order chi connectivity index (χ1) is 12.9. The fraction of sp³-hybridized carbons (Fsp3) is 0.300. The van der Waals surface area contributed by atoms with Crippen molar-refractivity contribution < 1.29 is 23.5 Å². The number of hydrogen-bond acceptors (Lipinski definition) is 4. The van der Waals surface area contributed by atoms with Crippen molar-refractivity contribution in [3.8, 4) is 11.5 Å². The van der Waals surface area contributed by atoms with E-state index in [1.165, 1.54) is 17.0 Å². The minimum absolute atomic E-state index is 0.0249. The number of nitrogens with zero attached hydrogens (tertiary/aromatic N) is 1. The summed E-state index contributed by atoms with van der Waals surface area (Å²) in [6.45, 7) is 0.286. The predicted molar refractivity (Wildman–Crippen MR) is 98.4 cm³/mol. The number of benzene rings is 2. The first-order valence-corrected chi connectivity index (χ1v) is 8.48. The van der Waals surface area contributed by atoms with Crippen molar-refractivity contribution >= 4 is 17.5 Å². The lowest BCUT2D eigenvalue weighted by molar-refractivity contribution is -0.134. The van der Waals surface area contributed by atoms with Crippen LogP contribution in [0, 0.1) is 5.82 Å². The fourth-order valence-corrected chi connectivity index (χ4v) is 3.34. The van der Waals surface area contributed by atoms with Crippen molar-refractivity contribution in [2.24, 2.45) is 0 Å². The van der Waals surface area contributed by atoms with Crippen LogP contribution in [0.1, 0.15) is 23.5 Å². The molecule has 0 aliphatic carbocycles. The summed E-state index contributed by atoms with van der Waals surface area (Å²) in [6.07, 6.45) is 0.0249. The molecule has 1 unspecified atom stereocenters. The SMILES string of the molecule is COc1cccc(CN(C)C(=O)C2CC(=O)Nc3cc(F)ccc32)c1OC. The van der Waals surface area contributed by atoms with Crippen LogP contribution >= 0.6 is 0 Å². The number of halogens is 1. The minimum atomic E-state index is -0.657. The summed E-state index contributed by atoms with van der Waals surface area (Å²) in [5.74, 6) is -0.508. The van der Waals surface area contributed by atoms with Gasteiger partial charge in [-0.05, 0) is 23.8 Å². The third kappa shape index (κ3) is 3.72. The molecular weight excluding hydrogens is 351 g/mol. The number of para-hydroxylation sites is 1. The van der Waals surface area contributed by atoms with Crippen molar-refractivity contribution in [1.82, 2.24) is 4.90 Å². The third-order valence-electron chi connectivity index (χ3n) is 4.62. The van der Waals surface area contributed by atoms with E-state index in [1.807, 2.05) is 12.1 Å². The molecule has 1 atom stereocenters.